The Morgan fingerprint density at radius 1 is 1.52 bits per heavy atom. The highest BCUT2D eigenvalue weighted by Gasteiger charge is 2.38. The number of nitrogens with zero attached hydrogens (tertiary/aromatic N) is 2. The second-order valence-corrected chi connectivity index (χ2v) is 5.00. The molecule has 0 saturated carbocycles. The largest absolute Gasteiger partial charge is 0.481 e. The van der Waals surface area contributed by atoms with Crippen molar-refractivity contribution in [3.05, 3.63) is 30.1 Å². The van der Waals surface area contributed by atoms with Gasteiger partial charge in [0, 0.05) is 26.0 Å². The quantitative estimate of drug-likeness (QED) is 0.818. The monoisotopic (exact) mass is 293 g/mol. The number of urea groups is 1. The number of aromatic nitrogens is 1. The van der Waals surface area contributed by atoms with Gasteiger partial charge in [-0.1, -0.05) is 6.07 Å². The van der Waals surface area contributed by atoms with E-state index in [1.807, 2.05) is 12.1 Å². The lowest BCUT2D eigenvalue weighted by Gasteiger charge is -2.26. The summed E-state index contributed by atoms with van der Waals surface area (Å²) in [6, 6.07) is 3.06. The maximum absolute atomic E-state index is 12.0. The molecule has 2 amide bonds. The summed E-state index contributed by atoms with van der Waals surface area (Å²) in [6.07, 6.45) is 4.13. The molecule has 21 heavy (non-hydrogen) atoms. The Kier molecular flexibility index (Phi) is 5.10. The van der Waals surface area contributed by atoms with Gasteiger partial charge < -0.3 is 20.1 Å². The van der Waals surface area contributed by atoms with Crippen molar-refractivity contribution < 1.29 is 19.4 Å². The smallest absolute Gasteiger partial charge is 0.317 e. The summed E-state index contributed by atoms with van der Waals surface area (Å²) in [5.41, 5.74) is 1.04. The highest BCUT2D eigenvalue weighted by atomic mass is 16.5. The van der Waals surface area contributed by atoms with Crippen molar-refractivity contribution in [3.8, 4) is 0 Å². The number of carbonyl (C=O) groups is 2. The number of carboxylic acid groups (broad SMARTS) is 1. The molecule has 2 unspecified atom stereocenters. The zero-order chi connectivity index (χ0) is 15.2. The van der Waals surface area contributed by atoms with E-state index in [1.165, 1.54) is 4.90 Å². The molecule has 1 aliphatic heterocycles. The van der Waals surface area contributed by atoms with Crippen LogP contribution in [0.5, 0.6) is 0 Å². The number of carbonyl (C=O) groups excluding carboxylic acids is 1. The Bertz CT molecular complexity index is 494. The molecule has 2 atom stereocenters. The molecular weight excluding hydrogens is 274 g/mol. The fraction of sp³-hybridized carbons (Fsp3) is 0.500. The van der Waals surface area contributed by atoms with Crippen molar-refractivity contribution in [2.45, 2.75) is 12.5 Å². The van der Waals surface area contributed by atoms with Gasteiger partial charge in [-0.25, -0.2) is 4.79 Å². The topological polar surface area (TPSA) is 91.8 Å². The molecule has 2 rings (SSSR count). The molecule has 1 fully saturated rings. The Morgan fingerprint density at radius 2 is 2.33 bits per heavy atom. The van der Waals surface area contributed by atoms with E-state index in [2.05, 4.69) is 10.3 Å². The molecule has 7 heteroatoms. The summed E-state index contributed by atoms with van der Waals surface area (Å²) in [5, 5.41) is 11.9. The van der Waals surface area contributed by atoms with Gasteiger partial charge in [0.15, 0.2) is 0 Å². The van der Waals surface area contributed by atoms with Gasteiger partial charge >= 0.3 is 12.0 Å². The normalized spacial score (nSPS) is 21.0. The minimum atomic E-state index is -0.937. The van der Waals surface area contributed by atoms with E-state index in [1.54, 1.807) is 19.4 Å². The van der Waals surface area contributed by atoms with Crippen LogP contribution < -0.4 is 5.32 Å². The average molecular weight is 293 g/mol. The third-order valence-electron chi connectivity index (χ3n) is 3.60. The van der Waals surface area contributed by atoms with E-state index in [-0.39, 0.29) is 19.2 Å². The molecule has 7 nitrogen and oxygen atoms in total. The van der Waals surface area contributed by atoms with Crippen molar-refractivity contribution in [2.24, 2.45) is 5.92 Å². The van der Waals surface area contributed by atoms with E-state index < -0.39 is 17.9 Å². The first-order chi connectivity index (χ1) is 10.1. The second-order valence-electron chi connectivity index (χ2n) is 5.00. The van der Waals surface area contributed by atoms with Crippen LogP contribution in [-0.2, 0) is 16.0 Å². The maximum atomic E-state index is 12.0. The molecule has 0 radical (unpaired) electrons. The van der Waals surface area contributed by atoms with Crippen molar-refractivity contribution in [1.82, 2.24) is 15.2 Å². The first kappa shape index (κ1) is 15.2. The van der Waals surface area contributed by atoms with Gasteiger partial charge in [-0.3, -0.25) is 9.78 Å². The maximum Gasteiger partial charge on any atom is 0.317 e. The van der Waals surface area contributed by atoms with Crippen LogP contribution in [0, 0.1) is 5.92 Å². The third kappa shape index (κ3) is 3.91. The van der Waals surface area contributed by atoms with Crippen LogP contribution in [0.3, 0.4) is 0 Å². The Balaban J connectivity index is 1.81. The Hall–Kier alpha value is -2.15. The van der Waals surface area contributed by atoms with Gasteiger partial charge in [0.05, 0.1) is 19.3 Å². The summed E-state index contributed by atoms with van der Waals surface area (Å²) in [7, 11) is 1.59. The standard InChI is InChI=1S/C14H19N3O4/c1-17(12-9-21-8-11(12)13(18)19)14(20)16-6-4-10-3-2-5-15-7-10/h2-3,5,7,11-12H,4,6,8-9H2,1H3,(H,16,20)(H,18,19). The fourth-order valence-corrected chi connectivity index (χ4v) is 2.30. The predicted molar refractivity (Wildman–Crippen MR) is 74.8 cm³/mol. The number of amides is 2. The molecular formula is C14H19N3O4. The summed E-state index contributed by atoms with van der Waals surface area (Å²) < 4.78 is 5.17. The molecule has 0 aliphatic carbocycles. The molecule has 1 aromatic rings. The van der Waals surface area contributed by atoms with Gasteiger partial charge in [0.1, 0.15) is 5.92 Å². The zero-order valence-corrected chi connectivity index (χ0v) is 11.9. The first-order valence-electron chi connectivity index (χ1n) is 6.79. The molecule has 1 aromatic heterocycles. The number of ether oxygens (including phenoxy) is 1. The van der Waals surface area contributed by atoms with E-state index in [4.69, 9.17) is 9.84 Å². The van der Waals surface area contributed by atoms with Crippen LogP contribution >= 0.6 is 0 Å². The molecule has 0 spiro atoms. The average Bonchev–Trinajstić information content (AvgIpc) is 2.97. The van der Waals surface area contributed by atoms with Crippen LogP contribution in [0.2, 0.25) is 0 Å². The molecule has 1 saturated heterocycles. The number of hydrogen-bond donors (Lipinski definition) is 2. The lowest BCUT2D eigenvalue weighted by atomic mass is 10.0. The highest BCUT2D eigenvalue weighted by molar-refractivity contribution is 5.77. The number of rotatable bonds is 5. The summed E-state index contributed by atoms with van der Waals surface area (Å²) in [6.45, 7) is 0.872. The van der Waals surface area contributed by atoms with Crippen molar-refractivity contribution in [3.63, 3.8) is 0 Å². The van der Waals surface area contributed by atoms with E-state index in [0.29, 0.717) is 13.0 Å². The molecule has 0 bridgehead atoms. The van der Waals surface area contributed by atoms with E-state index in [0.717, 1.165) is 5.56 Å². The van der Waals surface area contributed by atoms with Gasteiger partial charge in [-0.05, 0) is 18.1 Å². The lowest BCUT2D eigenvalue weighted by Crippen LogP contribution is -2.48. The number of hydrogen-bond acceptors (Lipinski definition) is 4. The fourth-order valence-electron chi connectivity index (χ4n) is 2.30. The lowest BCUT2D eigenvalue weighted by molar-refractivity contribution is -0.142. The summed E-state index contributed by atoms with van der Waals surface area (Å²) >= 11 is 0. The van der Waals surface area contributed by atoms with Crippen molar-refractivity contribution in [2.75, 3.05) is 26.8 Å². The summed E-state index contributed by atoms with van der Waals surface area (Å²) in [5.74, 6) is -1.61. The van der Waals surface area contributed by atoms with E-state index >= 15 is 0 Å². The Morgan fingerprint density at radius 3 is 3.00 bits per heavy atom. The van der Waals surface area contributed by atoms with Gasteiger partial charge in [0.2, 0.25) is 0 Å². The zero-order valence-electron chi connectivity index (χ0n) is 11.9. The van der Waals surface area contributed by atoms with Gasteiger partial charge in [-0.15, -0.1) is 0 Å². The van der Waals surface area contributed by atoms with Gasteiger partial charge in [0.25, 0.3) is 0 Å². The number of pyridine rings is 1. The molecule has 2 heterocycles. The van der Waals surface area contributed by atoms with E-state index in [9.17, 15) is 9.59 Å². The molecule has 1 aliphatic rings. The molecule has 2 N–H and O–H groups in total. The van der Waals surface area contributed by atoms with Crippen molar-refractivity contribution >= 4 is 12.0 Å². The van der Waals surface area contributed by atoms with Crippen LogP contribution in [-0.4, -0.2) is 59.8 Å². The Labute approximate surface area is 122 Å². The van der Waals surface area contributed by atoms with Crippen molar-refractivity contribution in [1.29, 1.82) is 0 Å². The molecule has 0 aromatic carbocycles. The molecule has 114 valence electrons. The summed E-state index contributed by atoms with van der Waals surface area (Å²) in [4.78, 5) is 28.5. The minimum Gasteiger partial charge on any atom is -0.481 e. The van der Waals surface area contributed by atoms with Crippen LogP contribution in [0.25, 0.3) is 0 Å². The number of nitrogens with one attached hydrogen (secondary N) is 1. The third-order valence-corrected chi connectivity index (χ3v) is 3.60. The minimum absolute atomic E-state index is 0.146. The SMILES string of the molecule is CN(C(=O)NCCc1cccnc1)C1COCC1C(=O)O. The number of carboxylic acids is 1. The van der Waals surface area contributed by atoms with Crippen LogP contribution in [0.15, 0.2) is 24.5 Å². The number of likely N-dealkylation sites (N-methyl/N-ethyl adjacent to an activating group) is 1. The van der Waals surface area contributed by atoms with Gasteiger partial charge in [-0.2, -0.15) is 0 Å². The van der Waals surface area contributed by atoms with Crippen LogP contribution in [0.4, 0.5) is 4.79 Å². The first-order valence-corrected chi connectivity index (χ1v) is 6.79. The highest BCUT2D eigenvalue weighted by Crippen LogP contribution is 2.18. The predicted octanol–water partition coefficient (Wildman–Crippen LogP) is 0.365. The number of aliphatic carboxylic acids is 1. The second kappa shape index (κ2) is 7.03. The van der Waals surface area contributed by atoms with Crippen LogP contribution in [0.1, 0.15) is 5.56 Å².